The van der Waals surface area contributed by atoms with Crippen LogP contribution in [0.2, 0.25) is 0 Å². The van der Waals surface area contributed by atoms with E-state index in [-0.39, 0.29) is 0 Å². The predicted molar refractivity (Wildman–Crippen MR) is 76.9 cm³/mol. The lowest BCUT2D eigenvalue weighted by Gasteiger charge is -2.16. The largest absolute Gasteiger partial charge is 0.382 e. The van der Waals surface area contributed by atoms with Gasteiger partial charge in [-0.25, -0.2) is 4.98 Å². The van der Waals surface area contributed by atoms with Gasteiger partial charge in [0.1, 0.15) is 5.82 Å². The van der Waals surface area contributed by atoms with E-state index in [0.717, 1.165) is 45.0 Å². The Morgan fingerprint density at radius 3 is 3.00 bits per heavy atom. The lowest BCUT2D eigenvalue weighted by molar-refractivity contribution is 0.0679. The SMILES string of the molecule is COCCOCCCn1c(C2CC2)nc2c1CCNC2. The zero-order valence-electron chi connectivity index (χ0n) is 12.4. The number of fused-ring (bicyclic) bond motifs is 1. The smallest absolute Gasteiger partial charge is 0.112 e. The second-order valence-corrected chi connectivity index (χ2v) is 5.67. The van der Waals surface area contributed by atoms with Crippen LogP contribution in [-0.2, 0) is 29.0 Å². The molecular weight excluding hydrogens is 254 g/mol. The first kappa shape index (κ1) is 14.0. The zero-order valence-corrected chi connectivity index (χ0v) is 12.4. The topological polar surface area (TPSA) is 48.3 Å². The molecule has 0 bridgehead atoms. The average molecular weight is 279 g/mol. The van der Waals surface area contributed by atoms with E-state index < -0.39 is 0 Å². The summed E-state index contributed by atoms with van der Waals surface area (Å²) in [5.74, 6) is 2.05. The maximum Gasteiger partial charge on any atom is 0.112 e. The van der Waals surface area contributed by atoms with Gasteiger partial charge in [-0.3, -0.25) is 0 Å². The minimum Gasteiger partial charge on any atom is -0.382 e. The Morgan fingerprint density at radius 2 is 2.20 bits per heavy atom. The molecule has 1 saturated carbocycles. The summed E-state index contributed by atoms with van der Waals surface area (Å²) in [5, 5.41) is 3.42. The molecule has 0 atom stereocenters. The molecule has 1 aromatic rings. The molecule has 2 heterocycles. The van der Waals surface area contributed by atoms with E-state index >= 15 is 0 Å². The summed E-state index contributed by atoms with van der Waals surface area (Å²) >= 11 is 0. The third-order valence-electron chi connectivity index (χ3n) is 4.06. The summed E-state index contributed by atoms with van der Waals surface area (Å²) in [5.41, 5.74) is 2.74. The van der Waals surface area contributed by atoms with Gasteiger partial charge in [0.05, 0.1) is 18.9 Å². The maximum absolute atomic E-state index is 5.56. The van der Waals surface area contributed by atoms with Crippen LogP contribution in [0.1, 0.15) is 42.4 Å². The summed E-state index contributed by atoms with van der Waals surface area (Å²) in [6, 6.07) is 0. The van der Waals surface area contributed by atoms with Gasteiger partial charge < -0.3 is 19.4 Å². The number of hydrogen-bond donors (Lipinski definition) is 1. The van der Waals surface area contributed by atoms with Crippen LogP contribution in [0.4, 0.5) is 0 Å². The molecule has 0 unspecified atom stereocenters. The lowest BCUT2D eigenvalue weighted by atomic mass is 10.2. The van der Waals surface area contributed by atoms with Crippen LogP contribution in [0.5, 0.6) is 0 Å². The fraction of sp³-hybridized carbons (Fsp3) is 0.800. The Morgan fingerprint density at radius 1 is 1.30 bits per heavy atom. The zero-order chi connectivity index (χ0) is 13.8. The van der Waals surface area contributed by atoms with E-state index in [4.69, 9.17) is 14.5 Å². The number of methoxy groups -OCH3 is 1. The highest BCUT2D eigenvalue weighted by atomic mass is 16.5. The predicted octanol–water partition coefficient (Wildman–Crippen LogP) is 1.46. The van der Waals surface area contributed by atoms with Gasteiger partial charge in [0.25, 0.3) is 0 Å². The number of nitrogens with zero attached hydrogens (tertiary/aromatic N) is 2. The minimum atomic E-state index is 0.680. The Bertz CT molecular complexity index is 441. The standard InChI is InChI=1S/C15H25N3O2/c1-19-9-10-20-8-2-7-18-14-5-6-16-11-13(14)17-15(18)12-3-4-12/h12,16H,2-11H2,1H3. The van der Waals surface area contributed by atoms with Crippen LogP contribution in [-0.4, -0.2) is 43.0 Å². The molecule has 1 aliphatic carbocycles. The average Bonchev–Trinajstić information content (AvgIpc) is 3.25. The lowest BCUT2D eigenvalue weighted by Crippen LogP contribution is -2.25. The van der Waals surface area contributed by atoms with Crippen molar-refractivity contribution in [3.05, 3.63) is 17.2 Å². The number of nitrogens with one attached hydrogen (secondary N) is 1. The third kappa shape index (κ3) is 3.22. The van der Waals surface area contributed by atoms with Crippen molar-refractivity contribution in [1.82, 2.24) is 14.9 Å². The normalized spacial score (nSPS) is 18.2. The van der Waals surface area contributed by atoms with Crippen LogP contribution in [0, 0.1) is 0 Å². The number of ether oxygens (including phenoxy) is 2. The summed E-state index contributed by atoms with van der Waals surface area (Å²) in [6.07, 6.45) is 4.79. The van der Waals surface area contributed by atoms with Gasteiger partial charge in [-0.1, -0.05) is 0 Å². The van der Waals surface area contributed by atoms with Gasteiger partial charge in [-0.05, 0) is 19.3 Å². The van der Waals surface area contributed by atoms with Gasteiger partial charge in [0, 0.05) is 51.4 Å². The third-order valence-corrected chi connectivity index (χ3v) is 4.06. The van der Waals surface area contributed by atoms with Crippen molar-refractivity contribution in [3.8, 4) is 0 Å². The van der Waals surface area contributed by atoms with Crippen LogP contribution in [0.15, 0.2) is 0 Å². The van der Waals surface area contributed by atoms with E-state index in [1.54, 1.807) is 7.11 Å². The number of aromatic nitrogens is 2. The minimum absolute atomic E-state index is 0.680. The quantitative estimate of drug-likeness (QED) is 0.732. The fourth-order valence-electron chi connectivity index (χ4n) is 2.86. The molecule has 20 heavy (non-hydrogen) atoms. The molecule has 1 fully saturated rings. The fourth-order valence-corrected chi connectivity index (χ4v) is 2.86. The van der Waals surface area contributed by atoms with Crippen LogP contribution >= 0.6 is 0 Å². The van der Waals surface area contributed by atoms with E-state index in [0.29, 0.717) is 13.2 Å². The molecule has 0 aromatic carbocycles. The second kappa shape index (κ2) is 6.70. The van der Waals surface area contributed by atoms with Crippen molar-refractivity contribution < 1.29 is 9.47 Å². The maximum atomic E-state index is 5.56. The molecule has 5 heteroatoms. The molecule has 0 spiro atoms. The summed E-state index contributed by atoms with van der Waals surface area (Å²) in [7, 11) is 1.71. The first-order valence-corrected chi connectivity index (χ1v) is 7.75. The summed E-state index contributed by atoms with van der Waals surface area (Å²) in [4.78, 5) is 4.88. The van der Waals surface area contributed by atoms with Crippen molar-refractivity contribution in [2.75, 3.05) is 33.5 Å². The van der Waals surface area contributed by atoms with E-state index in [1.165, 1.54) is 30.1 Å². The molecule has 1 aliphatic heterocycles. The number of imidazole rings is 1. The van der Waals surface area contributed by atoms with E-state index in [9.17, 15) is 0 Å². The molecule has 1 N–H and O–H groups in total. The Kier molecular flexibility index (Phi) is 4.70. The Labute approximate surface area is 120 Å². The summed E-state index contributed by atoms with van der Waals surface area (Å²) < 4.78 is 13.0. The molecule has 112 valence electrons. The van der Waals surface area contributed by atoms with Gasteiger partial charge in [0.2, 0.25) is 0 Å². The number of hydrogen-bond acceptors (Lipinski definition) is 4. The van der Waals surface area contributed by atoms with E-state index in [2.05, 4.69) is 9.88 Å². The highest BCUT2D eigenvalue weighted by Gasteiger charge is 2.31. The van der Waals surface area contributed by atoms with Gasteiger partial charge in [-0.15, -0.1) is 0 Å². The van der Waals surface area contributed by atoms with Crippen LogP contribution in [0.25, 0.3) is 0 Å². The monoisotopic (exact) mass is 279 g/mol. The molecule has 1 aromatic heterocycles. The van der Waals surface area contributed by atoms with Crippen molar-refractivity contribution in [2.24, 2.45) is 0 Å². The Balaban J connectivity index is 1.58. The Hall–Kier alpha value is -0.910. The highest BCUT2D eigenvalue weighted by Crippen LogP contribution is 2.40. The molecule has 0 radical (unpaired) electrons. The van der Waals surface area contributed by atoms with Crippen molar-refractivity contribution in [3.63, 3.8) is 0 Å². The molecule has 0 amide bonds. The van der Waals surface area contributed by atoms with Crippen LogP contribution < -0.4 is 5.32 Å². The second-order valence-electron chi connectivity index (χ2n) is 5.67. The van der Waals surface area contributed by atoms with Gasteiger partial charge >= 0.3 is 0 Å². The molecule has 5 nitrogen and oxygen atoms in total. The van der Waals surface area contributed by atoms with Crippen molar-refractivity contribution in [1.29, 1.82) is 0 Å². The molecule has 3 rings (SSSR count). The molecule has 2 aliphatic rings. The van der Waals surface area contributed by atoms with E-state index in [1.807, 2.05) is 0 Å². The highest BCUT2D eigenvalue weighted by molar-refractivity contribution is 5.24. The molecular formula is C15H25N3O2. The molecule has 0 saturated heterocycles. The summed E-state index contributed by atoms with van der Waals surface area (Å²) in [6.45, 7) is 5.23. The number of rotatable bonds is 8. The van der Waals surface area contributed by atoms with Crippen molar-refractivity contribution in [2.45, 2.75) is 44.7 Å². The first-order valence-electron chi connectivity index (χ1n) is 7.75. The van der Waals surface area contributed by atoms with Gasteiger partial charge in [0.15, 0.2) is 0 Å². The van der Waals surface area contributed by atoms with Gasteiger partial charge in [-0.2, -0.15) is 0 Å². The first-order chi connectivity index (χ1) is 9.90. The van der Waals surface area contributed by atoms with Crippen LogP contribution in [0.3, 0.4) is 0 Å². The van der Waals surface area contributed by atoms with Crippen molar-refractivity contribution >= 4 is 0 Å².